The molecule has 25 heavy (non-hydrogen) atoms. The van der Waals surface area contributed by atoms with Crippen LogP contribution in [0, 0.1) is 0 Å². The largest absolute Gasteiger partial charge is 0.389 e. The van der Waals surface area contributed by atoms with Crippen LogP contribution in [0.2, 0.25) is 5.02 Å². The van der Waals surface area contributed by atoms with E-state index in [1.807, 2.05) is 18.2 Å². The summed E-state index contributed by atoms with van der Waals surface area (Å²) >= 11 is 6.13. The van der Waals surface area contributed by atoms with Gasteiger partial charge in [0.25, 0.3) is 0 Å². The highest BCUT2D eigenvalue weighted by Gasteiger charge is 2.19. The highest BCUT2D eigenvalue weighted by molar-refractivity contribution is 6.30. The average Bonchev–Trinajstić information content (AvgIpc) is 3.07. The van der Waals surface area contributed by atoms with E-state index in [0.29, 0.717) is 31.0 Å². The number of β-amino-alcohol motifs (C(OH)–C–C–N with tert-alkyl or cyclic N) is 1. The Balaban J connectivity index is 1.97. The van der Waals surface area contributed by atoms with E-state index in [0.717, 1.165) is 30.6 Å². The number of carbonyl (C=O) groups is 1. The van der Waals surface area contributed by atoms with Gasteiger partial charge in [0.05, 0.1) is 18.8 Å². The van der Waals surface area contributed by atoms with Gasteiger partial charge in [-0.05, 0) is 69.0 Å². The van der Waals surface area contributed by atoms with Crippen LogP contribution in [-0.2, 0) is 16.0 Å². The lowest BCUT2D eigenvalue weighted by atomic mass is 9.96. The second-order valence-corrected chi connectivity index (χ2v) is 7.37. The van der Waals surface area contributed by atoms with Gasteiger partial charge in [-0.15, -0.1) is 0 Å². The smallest absolute Gasteiger partial charge is 0.130 e. The van der Waals surface area contributed by atoms with E-state index in [2.05, 4.69) is 11.8 Å². The van der Waals surface area contributed by atoms with Gasteiger partial charge in [0.15, 0.2) is 0 Å². The molecule has 1 aliphatic rings. The number of aliphatic hydroxyl groups excluding tert-OH is 1. The number of ketones is 1. The summed E-state index contributed by atoms with van der Waals surface area (Å²) in [7, 11) is 0. The maximum Gasteiger partial charge on any atom is 0.130 e. The Morgan fingerprint density at radius 3 is 2.72 bits per heavy atom. The Hall–Kier alpha value is -0.940. The number of Topliss-reactive ketones (excluding diaryl/α,β-unsaturated/α-hetero) is 1. The van der Waals surface area contributed by atoms with Crippen LogP contribution in [0.25, 0.3) is 0 Å². The first-order chi connectivity index (χ1) is 12.0. The Morgan fingerprint density at radius 1 is 1.36 bits per heavy atom. The molecule has 1 heterocycles. The zero-order valence-electron chi connectivity index (χ0n) is 15.3. The maximum absolute atomic E-state index is 11.3. The van der Waals surface area contributed by atoms with Crippen molar-refractivity contribution >= 4 is 17.4 Å². The van der Waals surface area contributed by atoms with Crippen molar-refractivity contribution < 1.29 is 14.6 Å². The Kier molecular flexibility index (Phi) is 8.37. The number of nitrogens with zero attached hydrogens (tertiary/aromatic N) is 1. The molecule has 1 aromatic carbocycles. The molecule has 1 fully saturated rings. The molecule has 0 saturated carbocycles. The third-order valence-electron chi connectivity index (χ3n) is 4.73. The summed E-state index contributed by atoms with van der Waals surface area (Å²) in [5.41, 5.74) is 2.13. The fourth-order valence-electron chi connectivity index (χ4n) is 3.39. The van der Waals surface area contributed by atoms with Crippen LogP contribution < -0.4 is 0 Å². The number of hydrogen-bond acceptors (Lipinski definition) is 4. The van der Waals surface area contributed by atoms with Crippen molar-refractivity contribution in [3.63, 3.8) is 0 Å². The number of aryl methyl sites for hydroxylation is 1. The SMILES string of the molecule is CCC(OCC(O)CN1CCCC1)c1ccc(Cl)cc1CCC(C)=O. The van der Waals surface area contributed by atoms with E-state index >= 15 is 0 Å². The van der Waals surface area contributed by atoms with Gasteiger partial charge in [0.1, 0.15) is 5.78 Å². The minimum atomic E-state index is -0.472. The number of ether oxygens (including phenoxy) is 1. The molecule has 0 aliphatic carbocycles. The normalized spacial score (nSPS) is 17.6. The summed E-state index contributed by atoms with van der Waals surface area (Å²) in [6.07, 6.45) is 3.85. The molecule has 0 spiro atoms. The molecule has 1 N–H and O–H groups in total. The lowest BCUT2D eigenvalue weighted by Crippen LogP contribution is -2.33. The third-order valence-corrected chi connectivity index (χ3v) is 4.96. The van der Waals surface area contributed by atoms with Crippen LogP contribution in [0.3, 0.4) is 0 Å². The first-order valence-electron chi connectivity index (χ1n) is 9.29. The second-order valence-electron chi connectivity index (χ2n) is 6.94. The quantitative estimate of drug-likeness (QED) is 0.683. The lowest BCUT2D eigenvalue weighted by molar-refractivity contribution is -0.116. The van der Waals surface area contributed by atoms with Crippen molar-refractivity contribution in [1.82, 2.24) is 4.90 Å². The van der Waals surface area contributed by atoms with Crippen LogP contribution >= 0.6 is 11.6 Å². The summed E-state index contributed by atoms with van der Waals surface area (Å²) < 4.78 is 6.03. The Morgan fingerprint density at radius 2 is 2.08 bits per heavy atom. The second kappa shape index (κ2) is 10.3. The first kappa shape index (κ1) is 20.4. The van der Waals surface area contributed by atoms with Gasteiger partial charge in [-0.3, -0.25) is 0 Å². The van der Waals surface area contributed by atoms with E-state index in [-0.39, 0.29) is 11.9 Å². The lowest BCUT2D eigenvalue weighted by Gasteiger charge is -2.24. The standard InChI is InChI=1S/C20H30ClNO3/c1-3-20(25-14-18(24)13-22-10-4-5-11-22)19-9-8-17(21)12-16(19)7-6-15(2)23/h8-9,12,18,20,24H,3-7,10-11,13-14H2,1-2H3. The van der Waals surface area contributed by atoms with Gasteiger partial charge in [-0.25, -0.2) is 0 Å². The van der Waals surface area contributed by atoms with Gasteiger partial charge >= 0.3 is 0 Å². The minimum Gasteiger partial charge on any atom is -0.389 e. The molecule has 2 rings (SSSR count). The highest BCUT2D eigenvalue weighted by atomic mass is 35.5. The fourth-order valence-corrected chi connectivity index (χ4v) is 3.58. The number of benzene rings is 1. The molecular weight excluding hydrogens is 338 g/mol. The number of halogens is 1. The molecule has 4 nitrogen and oxygen atoms in total. The monoisotopic (exact) mass is 367 g/mol. The molecule has 0 radical (unpaired) electrons. The summed E-state index contributed by atoms with van der Waals surface area (Å²) in [6, 6.07) is 5.77. The third kappa shape index (κ3) is 6.70. The van der Waals surface area contributed by atoms with Crippen molar-refractivity contribution in [1.29, 1.82) is 0 Å². The molecule has 1 aromatic rings. The maximum atomic E-state index is 11.3. The average molecular weight is 368 g/mol. The molecule has 2 unspecified atom stereocenters. The van der Waals surface area contributed by atoms with Crippen molar-refractivity contribution in [3.8, 4) is 0 Å². The fraction of sp³-hybridized carbons (Fsp3) is 0.650. The van der Waals surface area contributed by atoms with Crippen LogP contribution in [0.4, 0.5) is 0 Å². The van der Waals surface area contributed by atoms with E-state index in [4.69, 9.17) is 16.3 Å². The van der Waals surface area contributed by atoms with Gasteiger partial charge in [0.2, 0.25) is 0 Å². The van der Waals surface area contributed by atoms with Crippen molar-refractivity contribution in [2.24, 2.45) is 0 Å². The Labute approximate surface area is 156 Å². The molecule has 0 bridgehead atoms. The van der Waals surface area contributed by atoms with Gasteiger partial charge in [0, 0.05) is 18.0 Å². The van der Waals surface area contributed by atoms with E-state index in [1.54, 1.807) is 6.92 Å². The van der Waals surface area contributed by atoms with E-state index in [9.17, 15) is 9.90 Å². The predicted molar refractivity (Wildman–Crippen MR) is 101 cm³/mol. The molecule has 140 valence electrons. The predicted octanol–water partition coefficient (Wildman–Crippen LogP) is 3.79. The highest BCUT2D eigenvalue weighted by Crippen LogP contribution is 2.28. The first-order valence-corrected chi connectivity index (χ1v) is 9.67. The molecule has 1 saturated heterocycles. The van der Waals surface area contributed by atoms with Crippen LogP contribution in [0.1, 0.15) is 56.8 Å². The molecule has 5 heteroatoms. The molecule has 0 aromatic heterocycles. The molecular formula is C20H30ClNO3. The van der Waals surface area contributed by atoms with Gasteiger partial charge < -0.3 is 19.5 Å². The molecule has 0 amide bonds. The van der Waals surface area contributed by atoms with Crippen molar-refractivity contribution in [2.75, 3.05) is 26.2 Å². The van der Waals surface area contributed by atoms with Gasteiger partial charge in [-0.2, -0.15) is 0 Å². The zero-order chi connectivity index (χ0) is 18.2. The van der Waals surface area contributed by atoms with Crippen LogP contribution in [-0.4, -0.2) is 48.1 Å². The van der Waals surface area contributed by atoms with E-state index < -0.39 is 6.10 Å². The summed E-state index contributed by atoms with van der Waals surface area (Å²) in [5.74, 6) is 0.168. The Bertz CT molecular complexity index is 558. The number of carbonyl (C=O) groups excluding carboxylic acids is 1. The molecule has 1 aliphatic heterocycles. The summed E-state index contributed by atoms with van der Waals surface area (Å²) in [4.78, 5) is 13.6. The number of aliphatic hydroxyl groups is 1. The topological polar surface area (TPSA) is 49.8 Å². The van der Waals surface area contributed by atoms with Crippen LogP contribution in [0.15, 0.2) is 18.2 Å². The van der Waals surface area contributed by atoms with Crippen molar-refractivity contribution in [3.05, 3.63) is 34.3 Å². The number of likely N-dealkylation sites (tertiary alicyclic amines) is 1. The van der Waals surface area contributed by atoms with Gasteiger partial charge in [-0.1, -0.05) is 24.6 Å². The summed E-state index contributed by atoms with van der Waals surface area (Å²) in [5, 5.41) is 10.9. The summed E-state index contributed by atoms with van der Waals surface area (Å²) in [6.45, 7) is 6.81. The molecule has 2 atom stereocenters. The minimum absolute atomic E-state index is 0.0903. The number of hydrogen-bond donors (Lipinski definition) is 1. The number of rotatable bonds is 10. The van der Waals surface area contributed by atoms with E-state index in [1.165, 1.54) is 12.8 Å². The zero-order valence-corrected chi connectivity index (χ0v) is 16.1. The van der Waals surface area contributed by atoms with Crippen molar-refractivity contribution in [2.45, 2.75) is 58.2 Å². The van der Waals surface area contributed by atoms with Crippen LogP contribution in [0.5, 0.6) is 0 Å².